The minimum atomic E-state index is -0.159. The normalized spacial score (nSPS) is 11.9. The number of hydrogen-bond donors (Lipinski definition) is 1. The van der Waals surface area contributed by atoms with Gasteiger partial charge in [0.2, 0.25) is 0 Å². The second kappa shape index (κ2) is 5.60. The fourth-order valence-corrected chi connectivity index (χ4v) is 2.03. The molecule has 0 atom stereocenters. The Morgan fingerprint density at radius 2 is 2.18 bits per heavy atom. The van der Waals surface area contributed by atoms with Crippen molar-refractivity contribution < 1.29 is 9.53 Å². The Kier molecular flexibility index (Phi) is 4.65. The fourth-order valence-electron chi connectivity index (χ4n) is 1.07. The molecular weight excluding hydrogens is 236 g/mol. The SMILES string of the molecule is CC(C)OCC(=O)Nc1nc(C(C)(C)C)cs1. The predicted octanol–water partition coefficient (Wildman–Crippen LogP) is 2.80. The maximum absolute atomic E-state index is 11.5. The molecule has 1 heterocycles. The van der Waals surface area contributed by atoms with Crippen molar-refractivity contribution in [2.45, 2.75) is 46.1 Å². The van der Waals surface area contributed by atoms with Crippen molar-refractivity contribution in [3.8, 4) is 0 Å². The van der Waals surface area contributed by atoms with Crippen molar-refractivity contribution in [3.63, 3.8) is 0 Å². The molecule has 0 radical (unpaired) electrons. The molecule has 1 rings (SSSR count). The number of nitrogens with one attached hydrogen (secondary N) is 1. The molecule has 0 fully saturated rings. The molecule has 1 aromatic heterocycles. The molecule has 0 spiro atoms. The summed E-state index contributed by atoms with van der Waals surface area (Å²) in [7, 11) is 0. The highest BCUT2D eigenvalue weighted by Gasteiger charge is 2.18. The second-order valence-electron chi connectivity index (χ2n) is 5.20. The first-order valence-electron chi connectivity index (χ1n) is 5.66. The summed E-state index contributed by atoms with van der Waals surface area (Å²) in [5.74, 6) is -0.159. The quantitative estimate of drug-likeness (QED) is 0.901. The number of thiazole rings is 1. The molecule has 0 aromatic carbocycles. The second-order valence-corrected chi connectivity index (χ2v) is 6.05. The molecule has 1 aromatic rings. The van der Waals surface area contributed by atoms with E-state index in [4.69, 9.17) is 4.74 Å². The van der Waals surface area contributed by atoms with Crippen LogP contribution in [-0.4, -0.2) is 23.6 Å². The lowest BCUT2D eigenvalue weighted by molar-refractivity contribution is -0.121. The van der Waals surface area contributed by atoms with Crippen molar-refractivity contribution in [1.29, 1.82) is 0 Å². The van der Waals surface area contributed by atoms with E-state index in [0.717, 1.165) is 5.69 Å². The molecule has 0 unspecified atom stereocenters. The van der Waals surface area contributed by atoms with E-state index in [1.807, 2.05) is 19.2 Å². The van der Waals surface area contributed by atoms with Crippen molar-refractivity contribution in [2.24, 2.45) is 0 Å². The monoisotopic (exact) mass is 256 g/mol. The number of carbonyl (C=O) groups is 1. The summed E-state index contributed by atoms with van der Waals surface area (Å²) in [5.41, 5.74) is 0.996. The summed E-state index contributed by atoms with van der Waals surface area (Å²) in [5, 5.41) is 5.34. The predicted molar refractivity (Wildman–Crippen MR) is 70.5 cm³/mol. The average molecular weight is 256 g/mol. The highest BCUT2D eigenvalue weighted by molar-refractivity contribution is 7.13. The van der Waals surface area contributed by atoms with Crippen LogP contribution in [0.2, 0.25) is 0 Å². The van der Waals surface area contributed by atoms with Gasteiger partial charge in [0.15, 0.2) is 5.13 Å². The van der Waals surface area contributed by atoms with Crippen LogP contribution in [0.3, 0.4) is 0 Å². The minimum absolute atomic E-state index is 0.00785. The number of carbonyl (C=O) groups excluding carboxylic acids is 1. The van der Waals surface area contributed by atoms with E-state index >= 15 is 0 Å². The summed E-state index contributed by atoms with van der Waals surface area (Å²) in [6, 6.07) is 0. The van der Waals surface area contributed by atoms with Gasteiger partial charge < -0.3 is 4.74 Å². The number of aromatic nitrogens is 1. The summed E-state index contributed by atoms with van der Waals surface area (Å²) in [6.45, 7) is 10.1. The van der Waals surface area contributed by atoms with Gasteiger partial charge in [-0.25, -0.2) is 4.98 Å². The Labute approximate surface area is 106 Å². The van der Waals surface area contributed by atoms with Gasteiger partial charge in [0.05, 0.1) is 11.8 Å². The Bertz CT molecular complexity index is 380. The third kappa shape index (κ3) is 4.83. The van der Waals surface area contributed by atoms with E-state index in [2.05, 4.69) is 31.1 Å². The lowest BCUT2D eigenvalue weighted by atomic mass is 9.93. The van der Waals surface area contributed by atoms with Gasteiger partial charge >= 0.3 is 0 Å². The number of anilines is 1. The zero-order chi connectivity index (χ0) is 13.1. The highest BCUT2D eigenvalue weighted by atomic mass is 32.1. The third-order valence-corrected chi connectivity index (χ3v) is 2.82. The molecule has 0 saturated heterocycles. The summed E-state index contributed by atoms with van der Waals surface area (Å²) < 4.78 is 5.21. The Balaban J connectivity index is 2.52. The minimum Gasteiger partial charge on any atom is -0.369 e. The Hall–Kier alpha value is -0.940. The van der Waals surface area contributed by atoms with Crippen LogP contribution in [0, 0.1) is 0 Å². The summed E-state index contributed by atoms with van der Waals surface area (Å²) in [4.78, 5) is 15.9. The Morgan fingerprint density at radius 3 is 2.65 bits per heavy atom. The van der Waals surface area contributed by atoms with Gasteiger partial charge in [-0.15, -0.1) is 11.3 Å². The number of hydrogen-bond acceptors (Lipinski definition) is 4. The molecule has 4 nitrogen and oxygen atoms in total. The van der Waals surface area contributed by atoms with Crippen molar-refractivity contribution in [2.75, 3.05) is 11.9 Å². The lowest BCUT2D eigenvalue weighted by Crippen LogP contribution is -2.20. The molecule has 5 heteroatoms. The molecule has 0 bridgehead atoms. The van der Waals surface area contributed by atoms with Gasteiger partial charge in [-0.1, -0.05) is 20.8 Å². The molecule has 17 heavy (non-hydrogen) atoms. The van der Waals surface area contributed by atoms with Gasteiger partial charge in [-0.3, -0.25) is 10.1 Å². The fraction of sp³-hybridized carbons (Fsp3) is 0.667. The van der Waals surface area contributed by atoms with Crippen molar-refractivity contribution in [3.05, 3.63) is 11.1 Å². The van der Waals surface area contributed by atoms with Crippen LogP contribution in [-0.2, 0) is 14.9 Å². The molecule has 0 aliphatic rings. The van der Waals surface area contributed by atoms with E-state index < -0.39 is 0 Å². The van der Waals surface area contributed by atoms with Crippen LogP contribution >= 0.6 is 11.3 Å². The van der Waals surface area contributed by atoms with Crippen LogP contribution in [0.1, 0.15) is 40.3 Å². The molecular formula is C12H20N2O2S. The molecule has 96 valence electrons. The maximum Gasteiger partial charge on any atom is 0.252 e. The van der Waals surface area contributed by atoms with Crippen LogP contribution < -0.4 is 5.32 Å². The number of rotatable bonds is 4. The van der Waals surface area contributed by atoms with E-state index in [1.165, 1.54) is 11.3 Å². The topological polar surface area (TPSA) is 51.2 Å². The van der Waals surface area contributed by atoms with E-state index in [0.29, 0.717) is 5.13 Å². The van der Waals surface area contributed by atoms with Crippen LogP contribution in [0.4, 0.5) is 5.13 Å². The zero-order valence-electron chi connectivity index (χ0n) is 11.0. The van der Waals surface area contributed by atoms with Crippen LogP contribution in [0.15, 0.2) is 5.38 Å². The summed E-state index contributed by atoms with van der Waals surface area (Å²) in [6.07, 6.45) is 0.0576. The highest BCUT2D eigenvalue weighted by Crippen LogP contribution is 2.26. The van der Waals surface area contributed by atoms with E-state index in [9.17, 15) is 4.79 Å². The number of amides is 1. The van der Waals surface area contributed by atoms with E-state index in [-0.39, 0.29) is 24.0 Å². The number of ether oxygens (including phenoxy) is 1. The molecule has 1 amide bonds. The zero-order valence-corrected chi connectivity index (χ0v) is 11.9. The van der Waals surface area contributed by atoms with Crippen molar-refractivity contribution in [1.82, 2.24) is 4.98 Å². The van der Waals surface area contributed by atoms with Gasteiger partial charge in [0.1, 0.15) is 6.61 Å². The first kappa shape index (κ1) is 14.1. The molecule has 0 saturated carbocycles. The maximum atomic E-state index is 11.5. The molecule has 0 aliphatic heterocycles. The van der Waals surface area contributed by atoms with Gasteiger partial charge in [0, 0.05) is 10.8 Å². The largest absolute Gasteiger partial charge is 0.369 e. The number of nitrogens with zero attached hydrogens (tertiary/aromatic N) is 1. The lowest BCUT2D eigenvalue weighted by Gasteiger charge is -2.14. The first-order chi connectivity index (χ1) is 7.79. The van der Waals surface area contributed by atoms with Gasteiger partial charge in [-0.05, 0) is 13.8 Å². The van der Waals surface area contributed by atoms with Gasteiger partial charge in [0.25, 0.3) is 5.91 Å². The molecule has 1 N–H and O–H groups in total. The van der Waals surface area contributed by atoms with Crippen LogP contribution in [0.25, 0.3) is 0 Å². The Morgan fingerprint density at radius 1 is 1.53 bits per heavy atom. The summed E-state index contributed by atoms with van der Waals surface area (Å²) >= 11 is 1.44. The first-order valence-corrected chi connectivity index (χ1v) is 6.54. The van der Waals surface area contributed by atoms with Gasteiger partial charge in [-0.2, -0.15) is 0 Å². The standard InChI is InChI=1S/C12H20N2O2S/c1-8(2)16-6-10(15)14-11-13-9(7-17-11)12(3,4)5/h7-8H,6H2,1-5H3,(H,13,14,15). The van der Waals surface area contributed by atoms with E-state index in [1.54, 1.807) is 0 Å². The average Bonchev–Trinajstić information content (AvgIpc) is 2.62. The van der Waals surface area contributed by atoms with Crippen molar-refractivity contribution >= 4 is 22.4 Å². The van der Waals surface area contributed by atoms with Crippen LogP contribution in [0.5, 0.6) is 0 Å². The molecule has 0 aliphatic carbocycles. The smallest absolute Gasteiger partial charge is 0.252 e. The third-order valence-electron chi connectivity index (χ3n) is 2.07.